The van der Waals surface area contributed by atoms with Gasteiger partial charge in [0.05, 0.1) is 32.5 Å². The van der Waals surface area contributed by atoms with Crippen molar-refractivity contribution in [3.8, 4) is 5.75 Å². The van der Waals surface area contributed by atoms with Crippen molar-refractivity contribution in [2.75, 3.05) is 39.2 Å². The van der Waals surface area contributed by atoms with Crippen molar-refractivity contribution in [3.63, 3.8) is 0 Å². The molecule has 1 saturated heterocycles. The van der Waals surface area contributed by atoms with Crippen LogP contribution in [0.15, 0.2) is 23.0 Å². The summed E-state index contributed by atoms with van der Waals surface area (Å²) in [6.07, 6.45) is -1.74. The first-order valence-corrected chi connectivity index (χ1v) is 15.5. The number of aromatic nitrogens is 4. The molecule has 0 saturated carbocycles. The van der Waals surface area contributed by atoms with Crippen LogP contribution in [0.1, 0.15) is 78.3 Å². The van der Waals surface area contributed by atoms with E-state index in [0.717, 1.165) is 0 Å². The van der Waals surface area contributed by atoms with Gasteiger partial charge in [-0.3, -0.25) is 24.7 Å². The molecule has 1 aliphatic heterocycles. The van der Waals surface area contributed by atoms with Gasteiger partial charge in [0.2, 0.25) is 5.95 Å². The fourth-order valence-electron chi connectivity index (χ4n) is 4.92. The van der Waals surface area contributed by atoms with Crippen molar-refractivity contribution in [1.29, 1.82) is 0 Å². The van der Waals surface area contributed by atoms with Crippen LogP contribution in [0.4, 0.5) is 20.3 Å². The molecule has 2 aromatic heterocycles. The van der Waals surface area contributed by atoms with Crippen LogP contribution in [0.3, 0.4) is 0 Å². The number of aryl methyl sites for hydroxylation is 1. The number of H-pyrrole nitrogens is 1. The summed E-state index contributed by atoms with van der Waals surface area (Å²) in [5.41, 5.74) is 0.546. The largest absolute Gasteiger partial charge is 0.496 e. The van der Waals surface area contributed by atoms with Gasteiger partial charge in [0.25, 0.3) is 5.56 Å². The van der Waals surface area contributed by atoms with Crippen molar-refractivity contribution in [2.24, 2.45) is 0 Å². The first kappa shape index (κ1) is 36.6. The van der Waals surface area contributed by atoms with Gasteiger partial charge in [-0.15, -0.1) is 0 Å². The number of anilines is 1. The minimum atomic E-state index is -0.773. The van der Waals surface area contributed by atoms with Gasteiger partial charge in [-0.1, -0.05) is 26.0 Å². The lowest BCUT2D eigenvalue weighted by atomic mass is 10.00. The van der Waals surface area contributed by atoms with Crippen molar-refractivity contribution in [1.82, 2.24) is 29.5 Å². The number of nitrogens with zero attached hydrogens (tertiary/aromatic N) is 5. The number of fused-ring (bicyclic) bond motifs is 1. The Labute approximate surface area is 274 Å². The summed E-state index contributed by atoms with van der Waals surface area (Å²) >= 11 is 0. The highest BCUT2D eigenvalue weighted by Crippen LogP contribution is 2.32. The van der Waals surface area contributed by atoms with Crippen LogP contribution >= 0.6 is 0 Å². The number of hydrogen-bond acceptors (Lipinski definition) is 10. The maximum Gasteiger partial charge on any atom is 0.413 e. The van der Waals surface area contributed by atoms with E-state index in [9.17, 15) is 19.2 Å². The first-order chi connectivity index (χ1) is 22.0. The number of piperazine rings is 1. The van der Waals surface area contributed by atoms with Gasteiger partial charge in [0.15, 0.2) is 5.52 Å². The van der Waals surface area contributed by atoms with E-state index in [1.54, 1.807) is 64.3 Å². The molecule has 3 heterocycles. The lowest BCUT2D eigenvalue weighted by molar-refractivity contribution is -0.0152. The molecular weight excluding hydrogens is 610 g/mol. The van der Waals surface area contributed by atoms with Crippen molar-refractivity contribution < 1.29 is 33.3 Å². The fourth-order valence-corrected chi connectivity index (χ4v) is 4.92. The summed E-state index contributed by atoms with van der Waals surface area (Å²) in [7, 11) is 2.72. The zero-order valence-electron chi connectivity index (χ0n) is 29.1. The quantitative estimate of drug-likeness (QED) is 0.347. The molecule has 4 rings (SSSR count). The number of benzene rings is 1. The molecule has 0 aliphatic carbocycles. The summed E-state index contributed by atoms with van der Waals surface area (Å²) < 4.78 is 23.1. The maximum absolute atomic E-state index is 13.3. The number of nitrogens with one attached hydrogen (secondary N) is 2. The molecule has 1 aliphatic rings. The number of methoxy groups -OCH3 is 2. The number of carbonyl (C=O) groups excluding carboxylic acids is 3. The normalized spacial score (nSPS) is 15.0. The Morgan fingerprint density at radius 1 is 1.00 bits per heavy atom. The van der Waals surface area contributed by atoms with Gasteiger partial charge in [0, 0.05) is 25.2 Å². The van der Waals surface area contributed by atoms with E-state index in [4.69, 9.17) is 14.2 Å². The maximum atomic E-state index is 13.3. The number of rotatable bonds is 5. The Morgan fingerprint density at radius 3 is 2.23 bits per heavy atom. The summed E-state index contributed by atoms with van der Waals surface area (Å²) in [6, 6.07) is 4.92. The van der Waals surface area contributed by atoms with Gasteiger partial charge in [-0.05, 0) is 60.1 Å². The molecule has 3 aromatic rings. The zero-order valence-corrected chi connectivity index (χ0v) is 29.1. The number of ether oxygens (including phenoxy) is 4. The van der Waals surface area contributed by atoms with Crippen molar-refractivity contribution in [2.45, 2.75) is 86.1 Å². The smallest absolute Gasteiger partial charge is 0.413 e. The molecule has 0 bridgehead atoms. The van der Waals surface area contributed by atoms with Crippen LogP contribution in [0.5, 0.6) is 5.75 Å². The topological polar surface area (TPSA) is 170 Å². The molecule has 1 fully saturated rings. The zero-order chi connectivity index (χ0) is 35.3. The predicted octanol–water partition coefficient (Wildman–Crippen LogP) is 5.22. The predicted molar refractivity (Wildman–Crippen MR) is 176 cm³/mol. The van der Waals surface area contributed by atoms with Crippen LogP contribution in [0, 0.1) is 6.92 Å². The van der Waals surface area contributed by atoms with Gasteiger partial charge < -0.3 is 23.8 Å². The van der Waals surface area contributed by atoms with Gasteiger partial charge in [-0.25, -0.2) is 19.4 Å². The lowest BCUT2D eigenvalue weighted by Gasteiger charge is -2.42. The monoisotopic (exact) mass is 657 g/mol. The average molecular weight is 658 g/mol. The lowest BCUT2D eigenvalue weighted by Crippen LogP contribution is -2.54. The Hall–Kier alpha value is -4.82. The summed E-state index contributed by atoms with van der Waals surface area (Å²) in [4.78, 5) is 60.9. The van der Waals surface area contributed by atoms with Crippen LogP contribution in [-0.2, 0) is 20.8 Å². The van der Waals surface area contributed by atoms with Crippen LogP contribution in [-0.4, -0.2) is 92.9 Å². The third-order valence-electron chi connectivity index (χ3n) is 6.85. The van der Waals surface area contributed by atoms with Crippen LogP contribution < -0.4 is 15.6 Å². The van der Waals surface area contributed by atoms with Crippen LogP contribution in [0.25, 0.3) is 11.0 Å². The molecule has 15 heteroatoms. The fraction of sp³-hybridized carbons (Fsp3) is 0.562. The Balaban J connectivity index is 0.00000294. The Bertz CT molecular complexity index is 1650. The second kappa shape index (κ2) is 14.7. The van der Waals surface area contributed by atoms with Crippen LogP contribution in [0.2, 0.25) is 0 Å². The van der Waals surface area contributed by atoms with E-state index in [0.29, 0.717) is 28.1 Å². The average Bonchev–Trinajstić information content (AvgIpc) is 3.31. The second-order valence-corrected chi connectivity index (χ2v) is 12.7. The van der Waals surface area contributed by atoms with Gasteiger partial charge in [-0.2, -0.15) is 5.10 Å². The number of carbonyl (C=O) groups is 3. The molecule has 15 nitrogen and oxygen atoms in total. The van der Waals surface area contributed by atoms with Crippen molar-refractivity contribution in [3.05, 3.63) is 45.4 Å². The standard InChI is InChI=1S/C30H41N7O8.C2H6/c1-17-22-23(24(38)32-25(31-22)33-26(39)43-9)37(34-17)15-19-11-10-18(14-21(19)42-8)20-16-35(27(40)44-29(2,3)4)12-13-36(20)28(41)45-30(5,6)7;1-2/h10-11,14,20H,12-13,15-16H2,1-9H3,(H2,31,32,33,38,39);1-2H3. The summed E-state index contributed by atoms with van der Waals surface area (Å²) in [5.74, 6) is 0.423. The van der Waals surface area contributed by atoms with Crippen molar-refractivity contribution >= 4 is 35.3 Å². The molecule has 47 heavy (non-hydrogen) atoms. The molecule has 1 unspecified atom stereocenters. The molecule has 258 valence electrons. The number of hydrogen-bond donors (Lipinski definition) is 2. The molecule has 1 aromatic carbocycles. The summed E-state index contributed by atoms with van der Waals surface area (Å²) in [6.45, 7) is 17.4. The molecule has 1 atom stereocenters. The van der Waals surface area contributed by atoms with E-state index in [2.05, 4.69) is 25.1 Å². The Morgan fingerprint density at radius 2 is 1.64 bits per heavy atom. The summed E-state index contributed by atoms with van der Waals surface area (Å²) in [5, 5.41) is 6.87. The highest BCUT2D eigenvalue weighted by atomic mass is 16.6. The second-order valence-electron chi connectivity index (χ2n) is 12.7. The van der Waals surface area contributed by atoms with E-state index in [-0.39, 0.29) is 37.6 Å². The Kier molecular flexibility index (Phi) is 11.5. The first-order valence-electron chi connectivity index (χ1n) is 15.5. The minimum absolute atomic E-state index is 0.0635. The number of aromatic amines is 1. The molecule has 0 radical (unpaired) electrons. The SMILES string of the molecule is CC.COC(=O)Nc1nc2c(C)nn(Cc3ccc(C4CN(C(=O)OC(C)(C)C)CCN4C(=O)OC(C)(C)C)cc3OC)c2c(=O)[nH]1. The molecule has 3 amide bonds. The highest BCUT2D eigenvalue weighted by molar-refractivity contribution is 5.84. The molecule has 2 N–H and O–H groups in total. The van der Waals surface area contributed by atoms with Gasteiger partial charge >= 0.3 is 18.3 Å². The van der Waals surface area contributed by atoms with Gasteiger partial charge in [0.1, 0.15) is 22.5 Å². The third kappa shape index (κ3) is 9.14. The minimum Gasteiger partial charge on any atom is -0.496 e. The van der Waals surface area contributed by atoms with E-state index in [1.807, 2.05) is 26.0 Å². The third-order valence-corrected chi connectivity index (χ3v) is 6.85. The molecule has 0 spiro atoms. The highest BCUT2D eigenvalue weighted by Gasteiger charge is 2.37. The van der Waals surface area contributed by atoms with E-state index >= 15 is 0 Å². The van der Waals surface area contributed by atoms with E-state index < -0.39 is 41.1 Å². The molecular formula is C32H47N7O8. The van der Waals surface area contributed by atoms with E-state index in [1.165, 1.54) is 18.9 Å². The number of amides is 3.